The third kappa shape index (κ3) is 2.29. The molecule has 1 rings (SSSR count). The summed E-state index contributed by atoms with van der Waals surface area (Å²) >= 11 is 0. The van der Waals surface area contributed by atoms with E-state index in [2.05, 4.69) is 9.97 Å². The predicted octanol–water partition coefficient (Wildman–Crippen LogP) is 0.170. The van der Waals surface area contributed by atoms with Gasteiger partial charge in [0.05, 0.1) is 12.3 Å². The van der Waals surface area contributed by atoms with Gasteiger partial charge in [0, 0.05) is 0 Å². The van der Waals surface area contributed by atoms with Crippen LogP contribution in [0.3, 0.4) is 0 Å². The van der Waals surface area contributed by atoms with E-state index in [0.717, 1.165) is 0 Å². The minimum Gasteiger partial charge on any atom is -0.502 e. The summed E-state index contributed by atoms with van der Waals surface area (Å²) in [7, 11) is 0. The first-order valence-electron chi connectivity index (χ1n) is 3.93. The lowest BCUT2D eigenvalue weighted by Crippen LogP contribution is -2.05. The van der Waals surface area contributed by atoms with Crippen molar-refractivity contribution in [2.75, 3.05) is 13.2 Å². The number of aromatic hydroxyl groups is 1. The largest absolute Gasteiger partial charge is 0.502 e. The van der Waals surface area contributed by atoms with Gasteiger partial charge < -0.3 is 14.9 Å². The first-order chi connectivity index (χ1) is 6.15. The fourth-order valence-corrected chi connectivity index (χ4v) is 0.918. The summed E-state index contributed by atoms with van der Waals surface area (Å²) in [5.41, 5.74) is 0.473. The van der Waals surface area contributed by atoms with Gasteiger partial charge in [0.25, 0.3) is 5.88 Å². The van der Waals surface area contributed by atoms with Crippen LogP contribution >= 0.6 is 0 Å². The zero-order chi connectivity index (χ0) is 9.84. The van der Waals surface area contributed by atoms with E-state index in [9.17, 15) is 5.11 Å². The number of hydrogen-bond donors (Lipinski definition) is 2. The fraction of sp³-hybridized carbons (Fsp3) is 0.500. The summed E-state index contributed by atoms with van der Waals surface area (Å²) in [5.74, 6) is 0.585. The molecule has 0 saturated carbocycles. The van der Waals surface area contributed by atoms with Crippen molar-refractivity contribution in [1.82, 2.24) is 9.97 Å². The number of ether oxygens (including phenoxy) is 1. The molecule has 0 amide bonds. The van der Waals surface area contributed by atoms with Gasteiger partial charge in [0.2, 0.25) is 0 Å². The maximum absolute atomic E-state index is 9.42. The van der Waals surface area contributed by atoms with Crippen LogP contribution in [0.25, 0.3) is 0 Å². The first kappa shape index (κ1) is 9.73. The van der Waals surface area contributed by atoms with Gasteiger partial charge in [-0.05, 0) is 13.8 Å². The molecule has 0 spiro atoms. The Hall–Kier alpha value is -1.36. The van der Waals surface area contributed by atoms with E-state index in [1.54, 1.807) is 13.8 Å². The average Bonchev–Trinajstić information content (AvgIpc) is 2.09. The standard InChI is InChI=1S/C8H12N2O3/c1-5-7(12)8(13-4-3-11)10-6(2)9-5/h11-12H,3-4H2,1-2H3. The molecule has 1 aromatic heterocycles. The van der Waals surface area contributed by atoms with E-state index >= 15 is 0 Å². The normalized spacial score (nSPS) is 10.1. The number of aryl methyl sites for hydroxylation is 2. The van der Waals surface area contributed by atoms with Crippen molar-refractivity contribution in [3.63, 3.8) is 0 Å². The summed E-state index contributed by atoms with van der Waals surface area (Å²) in [6.07, 6.45) is 0. The molecule has 13 heavy (non-hydrogen) atoms. The molecular weight excluding hydrogens is 172 g/mol. The highest BCUT2D eigenvalue weighted by Crippen LogP contribution is 2.25. The zero-order valence-electron chi connectivity index (χ0n) is 7.61. The number of aliphatic hydroxyl groups is 1. The molecule has 0 aliphatic heterocycles. The number of aromatic nitrogens is 2. The highest BCUT2D eigenvalue weighted by molar-refractivity contribution is 5.35. The Balaban J connectivity index is 2.92. The van der Waals surface area contributed by atoms with Gasteiger partial charge in [-0.3, -0.25) is 0 Å². The topological polar surface area (TPSA) is 75.5 Å². The second-order valence-electron chi connectivity index (χ2n) is 2.58. The van der Waals surface area contributed by atoms with Crippen LogP contribution in [0.2, 0.25) is 0 Å². The molecule has 0 radical (unpaired) electrons. The summed E-state index contributed by atoms with van der Waals surface area (Å²) < 4.78 is 5.00. The van der Waals surface area contributed by atoms with E-state index in [0.29, 0.717) is 11.5 Å². The van der Waals surface area contributed by atoms with Crippen molar-refractivity contribution in [3.8, 4) is 11.6 Å². The highest BCUT2D eigenvalue weighted by Gasteiger charge is 2.09. The van der Waals surface area contributed by atoms with Crippen molar-refractivity contribution in [1.29, 1.82) is 0 Å². The lowest BCUT2D eigenvalue weighted by Gasteiger charge is -2.07. The van der Waals surface area contributed by atoms with Gasteiger partial charge in [0.1, 0.15) is 12.4 Å². The molecule has 2 N–H and O–H groups in total. The molecule has 72 valence electrons. The molecule has 5 nitrogen and oxygen atoms in total. The van der Waals surface area contributed by atoms with E-state index in [4.69, 9.17) is 9.84 Å². The molecule has 0 aliphatic carbocycles. The van der Waals surface area contributed by atoms with Gasteiger partial charge in [-0.2, -0.15) is 4.98 Å². The molecule has 0 bridgehead atoms. The summed E-state index contributed by atoms with van der Waals surface area (Å²) in [4.78, 5) is 7.81. The van der Waals surface area contributed by atoms with E-state index in [-0.39, 0.29) is 24.8 Å². The Morgan fingerprint density at radius 2 is 2.00 bits per heavy atom. The van der Waals surface area contributed by atoms with Crippen LogP contribution < -0.4 is 4.74 Å². The number of rotatable bonds is 3. The van der Waals surface area contributed by atoms with Crippen LogP contribution in [0.5, 0.6) is 11.6 Å². The molecule has 0 unspecified atom stereocenters. The third-order valence-electron chi connectivity index (χ3n) is 1.47. The average molecular weight is 184 g/mol. The number of hydrogen-bond acceptors (Lipinski definition) is 5. The highest BCUT2D eigenvalue weighted by atomic mass is 16.5. The minimum atomic E-state index is -0.110. The molecule has 0 saturated heterocycles. The van der Waals surface area contributed by atoms with Gasteiger partial charge in [-0.25, -0.2) is 4.98 Å². The maximum Gasteiger partial charge on any atom is 0.260 e. The molecular formula is C8H12N2O3. The van der Waals surface area contributed by atoms with Crippen LogP contribution in [-0.2, 0) is 0 Å². The fourth-order valence-electron chi connectivity index (χ4n) is 0.918. The molecule has 1 heterocycles. The van der Waals surface area contributed by atoms with E-state index in [1.165, 1.54) is 0 Å². The van der Waals surface area contributed by atoms with Crippen LogP contribution in [0.1, 0.15) is 11.5 Å². The number of nitrogens with zero attached hydrogens (tertiary/aromatic N) is 2. The second-order valence-corrected chi connectivity index (χ2v) is 2.58. The van der Waals surface area contributed by atoms with Crippen molar-refractivity contribution in [2.45, 2.75) is 13.8 Å². The monoisotopic (exact) mass is 184 g/mol. The Labute approximate surface area is 76.0 Å². The first-order valence-corrected chi connectivity index (χ1v) is 3.93. The minimum absolute atomic E-state index is 0.0703. The Morgan fingerprint density at radius 3 is 2.62 bits per heavy atom. The second kappa shape index (κ2) is 4.04. The van der Waals surface area contributed by atoms with E-state index < -0.39 is 0 Å². The molecule has 5 heteroatoms. The van der Waals surface area contributed by atoms with Crippen molar-refractivity contribution in [2.24, 2.45) is 0 Å². The van der Waals surface area contributed by atoms with Crippen molar-refractivity contribution >= 4 is 0 Å². The van der Waals surface area contributed by atoms with Gasteiger partial charge in [-0.1, -0.05) is 0 Å². The van der Waals surface area contributed by atoms with Crippen LogP contribution in [0.15, 0.2) is 0 Å². The Kier molecular flexibility index (Phi) is 3.02. The molecule has 0 aromatic carbocycles. The molecule has 0 aliphatic rings. The SMILES string of the molecule is Cc1nc(C)c(O)c(OCCO)n1. The smallest absolute Gasteiger partial charge is 0.260 e. The van der Waals surface area contributed by atoms with Crippen LogP contribution in [0, 0.1) is 13.8 Å². The van der Waals surface area contributed by atoms with E-state index in [1.807, 2.05) is 0 Å². The maximum atomic E-state index is 9.42. The van der Waals surface area contributed by atoms with Gasteiger partial charge >= 0.3 is 0 Å². The lowest BCUT2D eigenvalue weighted by atomic mass is 10.4. The Morgan fingerprint density at radius 1 is 1.31 bits per heavy atom. The summed E-state index contributed by atoms with van der Waals surface area (Å²) in [6.45, 7) is 3.37. The van der Waals surface area contributed by atoms with Crippen molar-refractivity contribution < 1.29 is 14.9 Å². The quantitative estimate of drug-likeness (QED) is 0.700. The zero-order valence-corrected chi connectivity index (χ0v) is 7.61. The third-order valence-corrected chi connectivity index (χ3v) is 1.47. The molecule has 1 aromatic rings. The summed E-state index contributed by atoms with van der Waals surface area (Å²) in [6, 6.07) is 0. The summed E-state index contributed by atoms with van der Waals surface area (Å²) in [5, 5.41) is 17.9. The lowest BCUT2D eigenvalue weighted by molar-refractivity contribution is 0.191. The van der Waals surface area contributed by atoms with Crippen LogP contribution in [-0.4, -0.2) is 33.4 Å². The Bertz CT molecular complexity index is 302. The number of aliphatic hydroxyl groups excluding tert-OH is 1. The predicted molar refractivity (Wildman–Crippen MR) is 45.8 cm³/mol. The molecule has 0 fully saturated rings. The van der Waals surface area contributed by atoms with Crippen molar-refractivity contribution in [3.05, 3.63) is 11.5 Å². The van der Waals surface area contributed by atoms with Gasteiger partial charge in [-0.15, -0.1) is 0 Å². The van der Waals surface area contributed by atoms with Gasteiger partial charge in [0.15, 0.2) is 5.75 Å². The van der Waals surface area contributed by atoms with Crippen LogP contribution in [0.4, 0.5) is 0 Å². The molecule has 0 atom stereocenters.